The van der Waals surface area contributed by atoms with Crippen LogP contribution in [-0.2, 0) is 16.4 Å². The quantitative estimate of drug-likeness (QED) is 0.311. The second-order valence-corrected chi connectivity index (χ2v) is 12.0. The molecule has 40 heavy (non-hydrogen) atoms. The molecule has 0 aliphatic carbocycles. The summed E-state index contributed by atoms with van der Waals surface area (Å²) in [7, 11) is -3.34. The van der Waals surface area contributed by atoms with E-state index in [1.807, 2.05) is 12.1 Å². The van der Waals surface area contributed by atoms with E-state index in [9.17, 15) is 18.3 Å². The molecular formula is C29H31N5O5S. The monoisotopic (exact) mass is 561 g/mol. The van der Waals surface area contributed by atoms with Gasteiger partial charge in [-0.3, -0.25) is 4.79 Å². The van der Waals surface area contributed by atoms with Gasteiger partial charge in [0.15, 0.2) is 9.84 Å². The van der Waals surface area contributed by atoms with E-state index in [1.165, 1.54) is 24.0 Å². The highest BCUT2D eigenvalue weighted by molar-refractivity contribution is 7.91. The third-order valence-corrected chi connectivity index (χ3v) is 9.00. The Bertz CT molecular complexity index is 1570. The molecule has 5 rings (SSSR count). The van der Waals surface area contributed by atoms with Crippen LogP contribution in [0.1, 0.15) is 59.3 Å². The predicted octanol–water partition coefficient (Wildman–Crippen LogP) is 3.90. The maximum Gasteiger partial charge on any atom is 0.251 e. The average molecular weight is 562 g/mol. The number of nitrogens with one attached hydrogen (secondary N) is 1. The summed E-state index contributed by atoms with van der Waals surface area (Å²) in [5.41, 5.74) is 3.99. The summed E-state index contributed by atoms with van der Waals surface area (Å²) in [4.78, 5) is 28.7. The lowest BCUT2D eigenvalue weighted by Crippen LogP contribution is -2.35. The first-order valence-electron chi connectivity index (χ1n) is 13.2. The fourth-order valence-corrected chi connectivity index (χ4v) is 5.81. The largest absolute Gasteiger partial charge is 0.444 e. The van der Waals surface area contributed by atoms with Gasteiger partial charge in [-0.2, -0.15) is 0 Å². The van der Waals surface area contributed by atoms with Gasteiger partial charge in [0, 0.05) is 37.0 Å². The molecule has 0 saturated heterocycles. The van der Waals surface area contributed by atoms with Gasteiger partial charge in [-0.1, -0.05) is 32.0 Å². The van der Waals surface area contributed by atoms with Crippen molar-refractivity contribution in [1.82, 2.24) is 20.3 Å². The van der Waals surface area contributed by atoms with Crippen LogP contribution in [0.25, 0.3) is 11.5 Å². The van der Waals surface area contributed by atoms with Crippen molar-refractivity contribution in [2.75, 3.05) is 23.8 Å². The summed E-state index contributed by atoms with van der Waals surface area (Å²) >= 11 is 0. The van der Waals surface area contributed by atoms with Gasteiger partial charge in [-0.15, -0.1) is 0 Å². The first-order chi connectivity index (χ1) is 19.3. The van der Waals surface area contributed by atoms with Crippen molar-refractivity contribution < 1.29 is 22.7 Å². The Balaban J connectivity index is 1.34. The second-order valence-electron chi connectivity index (χ2n) is 9.69. The number of carbonyl (C=O) groups excluding carboxylic acids is 1. The van der Waals surface area contributed by atoms with Crippen LogP contribution in [0.3, 0.4) is 0 Å². The highest BCUT2D eigenvalue weighted by atomic mass is 32.2. The molecule has 4 aromatic rings. The van der Waals surface area contributed by atoms with Crippen molar-refractivity contribution in [3.63, 3.8) is 0 Å². The molecule has 0 saturated carbocycles. The van der Waals surface area contributed by atoms with Crippen molar-refractivity contribution in [3.8, 4) is 11.5 Å². The number of benzene rings is 2. The van der Waals surface area contributed by atoms with E-state index < -0.39 is 15.9 Å². The second kappa shape index (κ2) is 11.6. The van der Waals surface area contributed by atoms with E-state index >= 15 is 0 Å². The smallest absolute Gasteiger partial charge is 0.251 e. The highest BCUT2D eigenvalue weighted by Crippen LogP contribution is 2.33. The molecule has 1 amide bonds. The number of fused-ring (bicyclic) bond motifs is 1. The molecule has 0 fully saturated rings. The van der Waals surface area contributed by atoms with Gasteiger partial charge in [-0.25, -0.2) is 23.4 Å². The van der Waals surface area contributed by atoms with Crippen LogP contribution in [0, 0.1) is 0 Å². The van der Waals surface area contributed by atoms with Gasteiger partial charge in [0.2, 0.25) is 11.8 Å². The zero-order valence-electron chi connectivity index (χ0n) is 22.3. The lowest BCUT2D eigenvalue weighted by Gasteiger charge is -2.34. The number of aliphatic hydroxyl groups is 1. The van der Waals surface area contributed by atoms with Crippen LogP contribution in [-0.4, -0.2) is 53.3 Å². The van der Waals surface area contributed by atoms with E-state index in [0.29, 0.717) is 35.1 Å². The molecule has 0 radical (unpaired) electrons. The molecule has 1 aliphatic rings. The summed E-state index contributed by atoms with van der Waals surface area (Å²) in [6, 6.07) is 11.2. The zero-order valence-corrected chi connectivity index (χ0v) is 23.1. The molecule has 3 heterocycles. The maximum atomic E-state index is 13.2. The molecule has 11 heteroatoms. The van der Waals surface area contributed by atoms with Gasteiger partial charge >= 0.3 is 0 Å². The van der Waals surface area contributed by atoms with Crippen LogP contribution in [0.2, 0.25) is 0 Å². The molecule has 0 spiro atoms. The third-order valence-electron chi connectivity index (χ3n) is 7.25. The minimum Gasteiger partial charge on any atom is -0.444 e. The van der Waals surface area contributed by atoms with Crippen LogP contribution >= 0.6 is 0 Å². The number of anilines is 1. The lowest BCUT2D eigenvalue weighted by atomic mass is 9.87. The maximum absolute atomic E-state index is 13.2. The Kier molecular flexibility index (Phi) is 7.95. The van der Waals surface area contributed by atoms with Crippen molar-refractivity contribution in [2.45, 2.75) is 43.7 Å². The van der Waals surface area contributed by atoms with Crippen molar-refractivity contribution >= 4 is 21.7 Å². The molecule has 2 atom stereocenters. The van der Waals surface area contributed by atoms with E-state index in [1.54, 1.807) is 43.7 Å². The number of hydrogen-bond acceptors (Lipinski definition) is 9. The number of aliphatic hydroxyl groups excluding tert-OH is 1. The number of oxazole rings is 1. The molecule has 1 unspecified atom stereocenters. The molecule has 2 N–H and O–H groups in total. The minimum absolute atomic E-state index is 0.00101. The number of rotatable bonds is 9. The standard InChI is InChI=1S/C29H31N5O5S/c1-3-19-16-34(29-31-14-23(15-32-29)28-30-11-12-39-28)17-22-13-21(7-10-25(19)22)27(36)33-26(18-35)20-5-8-24(9-6-20)40(37,38)4-2/h5-15,19,26,35H,3-4,16-18H2,1-2H3,(H,33,36)/t19-,26?/m1/s1. The normalized spacial score (nSPS) is 15.9. The molecule has 1 aliphatic heterocycles. The summed E-state index contributed by atoms with van der Waals surface area (Å²) in [6.45, 7) is 4.69. The van der Waals surface area contributed by atoms with Crippen molar-refractivity contribution in [1.29, 1.82) is 0 Å². The van der Waals surface area contributed by atoms with Crippen LogP contribution in [0.4, 0.5) is 5.95 Å². The van der Waals surface area contributed by atoms with Crippen LogP contribution in [0.15, 0.2) is 76.6 Å². The molecule has 208 valence electrons. The predicted molar refractivity (Wildman–Crippen MR) is 150 cm³/mol. The number of carbonyl (C=O) groups is 1. The Hall–Kier alpha value is -4.09. The number of aromatic nitrogens is 3. The van der Waals surface area contributed by atoms with Gasteiger partial charge in [-0.05, 0) is 47.4 Å². The zero-order chi connectivity index (χ0) is 28.3. The summed E-state index contributed by atoms with van der Waals surface area (Å²) in [5, 5.41) is 12.9. The Morgan fingerprint density at radius 3 is 2.50 bits per heavy atom. The Morgan fingerprint density at radius 1 is 1.12 bits per heavy atom. The Labute approximate surface area is 233 Å². The van der Waals surface area contributed by atoms with Crippen LogP contribution in [0.5, 0.6) is 0 Å². The highest BCUT2D eigenvalue weighted by Gasteiger charge is 2.27. The topological polar surface area (TPSA) is 139 Å². The first-order valence-corrected chi connectivity index (χ1v) is 14.8. The summed E-state index contributed by atoms with van der Waals surface area (Å²) < 4.78 is 29.6. The van der Waals surface area contributed by atoms with E-state index in [4.69, 9.17) is 4.42 Å². The van der Waals surface area contributed by atoms with Crippen molar-refractivity contribution in [3.05, 3.63) is 89.6 Å². The van der Waals surface area contributed by atoms with E-state index in [-0.39, 0.29) is 29.1 Å². The van der Waals surface area contributed by atoms with E-state index in [0.717, 1.165) is 18.5 Å². The lowest BCUT2D eigenvalue weighted by molar-refractivity contribution is 0.0916. The summed E-state index contributed by atoms with van der Waals surface area (Å²) in [6.07, 6.45) is 7.37. The number of hydrogen-bond donors (Lipinski definition) is 2. The number of amides is 1. The molecule has 10 nitrogen and oxygen atoms in total. The van der Waals surface area contributed by atoms with Gasteiger partial charge in [0.25, 0.3) is 5.91 Å². The Morgan fingerprint density at radius 2 is 1.88 bits per heavy atom. The van der Waals surface area contributed by atoms with Gasteiger partial charge in [0.05, 0.1) is 35.1 Å². The molecular weight excluding hydrogens is 530 g/mol. The van der Waals surface area contributed by atoms with Gasteiger partial charge in [0.1, 0.15) is 6.26 Å². The van der Waals surface area contributed by atoms with Crippen molar-refractivity contribution in [2.24, 2.45) is 0 Å². The number of sulfone groups is 1. The molecule has 0 bridgehead atoms. The first kappa shape index (κ1) is 27.5. The van der Waals surface area contributed by atoms with Crippen LogP contribution < -0.4 is 10.2 Å². The molecule has 2 aromatic heterocycles. The third kappa shape index (κ3) is 5.61. The van der Waals surface area contributed by atoms with E-state index in [2.05, 4.69) is 32.1 Å². The fourth-order valence-electron chi connectivity index (χ4n) is 4.93. The fraction of sp³-hybridized carbons (Fsp3) is 0.310. The summed E-state index contributed by atoms with van der Waals surface area (Å²) in [5.74, 6) is 0.966. The SMILES string of the molecule is CC[C@@H]1CN(c2ncc(-c3ncco3)cn2)Cc2cc(C(=O)NC(CO)c3ccc(S(=O)(=O)CC)cc3)ccc21. The van der Waals surface area contributed by atoms with Gasteiger partial charge < -0.3 is 19.7 Å². The minimum atomic E-state index is -3.34. The molecule has 2 aromatic carbocycles. The number of nitrogens with zero attached hydrogens (tertiary/aromatic N) is 4. The average Bonchev–Trinajstić information content (AvgIpc) is 3.54.